The molecule has 0 saturated heterocycles. The van der Waals surface area contributed by atoms with Crippen molar-refractivity contribution in [3.05, 3.63) is 65.7 Å². The van der Waals surface area contributed by atoms with Crippen LogP contribution in [0, 0.1) is 6.92 Å². The number of hydrogen-bond acceptors (Lipinski definition) is 5. The Hall–Kier alpha value is -2.67. The highest BCUT2D eigenvalue weighted by molar-refractivity contribution is 7.99. The Labute approximate surface area is 157 Å². The molecule has 0 aliphatic carbocycles. The van der Waals surface area contributed by atoms with E-state index in [4.69, 9.17) is 0 Å². The summed E-state index contributed by atoms with van der Waals surface area (Å²) in [4.78, 5) is 12.1. The quantitative estimate of drug-likeness (QED) is 0.490. The van der Waals surface area contributed by atoms with Crippen LogP contribution in [0.1, 0.15) is 17.5 Å². The Morgan fingerprint density at radius 1 is 1.12 bits per heavy atom. The average molecular weight is 367 g/mol. The van der Waals surface area contributed by atoms with Gasteiger partial charge in [-0.05, 0) is 47.4 Å². The number of para-hydroxylation sites is 1. The van der Waals surface area contributed by atoms with Crippen LogP contribution in [-0.4, -0.2) is 38.4 Å². The molecule has 0 fully saturated rings. The fraction of sp³-hybridized carbons (Fsp3) is 0.263. The summed E-state index contributed by atoms with van der Waals surface area (Å²) in [6, 6.07) is 18.1. The van der Waals surface area contributed by atoms with Crippen LogP contribution in [-0.2, 0) is 11.2 Å². The zero-order valence-corrected chi connectivity index (χ0v) is 15.4. The lowest BCUT2D eigenvalue weighted by Crippen LogP contribution is -2.26. The van der Waals surface area contributed by atoms with Gasteiger partial charge in [-0.3, -0.25) is 4.79 Å². The highest BCUT2D eigenvalue weighted by Gasteiger charge is 2.12. The normalized spacial score (nSPS) is 10.7. The van der Waals surface area contributed by atoms with Gasteiger partial charge in [0.1, 0.15) is 0 Å². The van der Waals surface area contributed by atoms with E-state index in [2.05, 4.69) is 33.0 Å². The van der Waals surface area contributed by atoms with E-state index in [0.717, 1.165) is 24.1 Å². The molecule has 3 aromatic rings. The van der Waals surface area contributed by atoms with Crippen LogP contribution in [0.2, 0.25) is 0 Å². The third-order valence-corrected chi connectivity index (χ3v) is 4.84. The maximum absolute atomic E-state index is 12.1. The lowest BCUT2D eigenvalue weighted by molar-refractivity contribution is -0.118. The number of aryl methyl sites for hydroxylation is 2. The number of nitrogens with one attached hydrogen (secondary N) is 1. The van der Waals surface area contributed by atoms with Gasteiger partial charge in [0, 0.05) is 6.54 Å². The molecule has 0 atom stereocenters. The predicted molar refractivity (Wildman–Crippen MR) is 102 cm³/mol. The Balaban J connectivity index is 1.45. The van der Waals surface area contributed by atoms with Gasteiger partial charge in [-0.15, -0.1) is 5.10 Å². The molecule has 0 aliphatic heterocycles. The fourth-order valence-electron chi connectivity index (χ4n) is 2.57. The number of aromatic nitrogens is 4. The molecule has 1 amide bonds. The Kier molecular flexibility index (Phi) is 6.38. The molecular formula is C19H21N5OS. The zero-order valence-electron chi connectivity index (χ0n) is 14.6. The summed E-state index contributed by atoms with van der Waals surface area (Å²) in [6.07, 6.45) is 1.88. The van der Waals surface area contributed by atoms with Gasteiger partial charge in [0.05, 0.1) is 11.4 Å². The van der Waals surface area contributed by atoms with Crippen molar-refractivity contribution < 1.29 is 4.79 Å². The molecule has 0 spiro atoms. The van der Waals surface area contributed by atoms with Crippen molar-refractivity contribution in [3.63, 3.8) is 0 Å². The molecule has 1 heterocycles. The monoisotopic (exact) mass is 367 g/mol. The number of hydrogen-bond donors (Lipinski definition) is 1. The second kappa shape index (κ2) is 9.15. The fourth-order valence-corrected chi connectivity index (χ4v) is 3.28. The Bertz CT molecular complexity index is 850. The maximum atomic E-state index is 12.1. The summed E-state index contributed by atoms with van der Waals surface area (Å²) in [5, 5.41) is 15.4. The van der Waals surface area contributed by atoms with Crippen LogP contribution in [0.4, 0.5) is 0 Å². The first-order chi connectivity index (χ1) is 12.7. The zero-order chi connectivity index (χ0) is 18.2. The van der Waals surface area contributed by atoms with E-state index in [1.165, 1.54) is 17.3 Å². The number of thioether (sulfide) groups is 1. The van der Waals surface area contributed by atoms with Crippen molar-refractivity contribution >= 4 is 17.7 Å². The smallest absolute Gasteiger partial charge is 0.230 e. The third kappa shape index (κ3) is 4.92. The third-order valence-electron chi connectivity index (χ3n) is 3.92. The molecule has 0 unspecified atom stereocenters. The SMILES string of the molecule is Cc1ccccc1-n1nnnc1SCC(=O)NCCCc1ccccc1. The van der Waals surface area contributed by atoms with E-state index in [1.54, 1.807) is 4.68 Å². The molecule has 6 nitrogen and oxygen atoms in total. The summed E-state index contributed by atoms with van der Waals surface area (Å²) in [6.45, 7) is 2.67. The van der Waals surface area contributed by atoms with Crippen molar-refractivity contribution in [1.82, 2.24) is 25.5 Å². The van der Waals surface area contributed by atoms with Crippen LogP contribution < -0.4 is 5.32 Å². The van der Waals surface area contributed by atoms with Crippen LogP contribution in [0.25, 0.3) is 5.69 Å². The van der Waals surface area contributed by atoms with Crippen LogP contribution in [0.5, 0.6) is 0 Å². The Morgan fingerprint density at radius 2 is 1.88 bits per heavy atom. The highest BCUT2D eigenvalue weighted by atomic mass is 32.2. The molecule has 134 valence electrons. The molecule has 1 N–H and O–H groups in total. The minimum absolute atomic E-state index is 0.0117. The molecule has 1 aromatic heterocycles. The highest BCUT2D eigenvalue weighted by Crippen LogP contribution is 2.20. The van der Waals surface area contributed by atoms with Crippen molar-refractivity contribution in [2.45, 2.75) is 24.9 Å². The summed E-state index contributed by atoms with van der Waals surface area (Å²) in [7, 11) is 0. The van der Waals surface area contributed by atoms with Crippen LogP contribution in [0.15, 0.2) is 59.8 Å². The van der Waals surface area contributed by atoms with Crippen molar-refractivity contribution in [3.8, 4) is 5.69 Å². The maximum Gasteiger partial charge on any atom is 0.230 e. The van der Waals surface area contributed by atoms with E-state index in [-0.39, 0.29) is 11.7 Å². The number of nitrogens with zero attached hydrogens (tertiary/aromatic N) is 4. The van der Waals surface area contributed by atoms with E-state index in [9.17, 15) is 4.79 Å². The van der Waals surface area contributed by atoms with E-state index >= 15 is 0 Å². The van der Waals surface area contributed by atoms with Crippen LogP contribution in [0.3, 0.4) is 0 Å². The standard InChI is InChI=1S/C19H21N5OS/c1-15-8-5-6-12-17(15)24-19(21-22-23-24)26-14-18(25)20-13-7-11-16-9-3-2-4-10-16/h2-6,8-10,12H,7,11,13-14H2,1H3,(H,20,25). The first-order valence-electron chi connectivity index (χ1n) is 8.52. The van der Waals surface area contributed by atoms with Gasteiger partial charge in [-0.1, -0.05) is 60.3 Å². The van der Waals surface area contributed by atoms with E-state index < -0.39 is 0 Å². The van der Waals surface area contributed by atoms with Crippen molar-refractivity contribution in [2.24, 2.45) is 0 Å². The molecule has 0 aliphatic rings. The minimum Gasteiger partial charge on any atom is -0.355 e. The molecule has 3 rings (SSSR count). The second-order valence-corrected chi connectivity index (χ2v) is 6.83. The lowest BCUT2D eigenvalue weighted by Gasteiger charge is -2.07. The topological polar surface area (TPSA) is 72.7 Å². The molecular weight excluding hydrogens is 346 g/mol. The minimum atomic E-state index is -0.0117. The summed E-state index contributed by atoms with van der Waals surface area (Å²) >= 11 is 1.33. The summed E-state index contributed by atoms with van der Waals surface area (Å²) in [5.74, 6) is 0.278. The predicted octanol–water partition coefficient (Wildman–Crippen LogP) is 2.81. The number of tetrazole rings is 1. The summed E-state index contributed by atoms with van der Waals surface area (Å²) in [5.41, 5.74) is 3.28. The largest absolute Gasteiger partial charge is 0.355 e. The summed E-state index contributed by atoms with van der Waals surface area (Å²) < 4.78 is 1.67. The van der Waals surface area contributed by atoms with Gasteiger partial charge in [-0.2, -0.15) is 4.68 Å². The molecule has 0 saturated carbocycles. The first-order valence-corrected chi connectivity index (χ1v) is 9.50. The Morgan fingerprint density at radius 3 is 2.69 bits per heavy atom. The first kappa shape index (κ1) is 18.1. The lowest BCUT2D eigenvalue weighted by atomic mass is 10.1. The van der Waals surface area contributed by atoms with E-state index in [0.29, 0.717) is 11.7 Å². The van der Waals surface area contributed by atoms with Crippen molar-refractivity contribution in [2.75, 3.05) is 12.3 Å². The molecule has 0 bridgehead atoms. The number of benzene rings is 2. The van der Waals surface area contributed by atoms with Gasteiger partial charge < -0.3 is 5.32 Å². The number of carbonyl (C=O) groups is 1. The van der Waals surface area contributed by atoms with Gasteiger partial charge in [0.2, 0.25) is 11.1 Å². The van der Waals surface area contributed by atoms with Gasteiger partial charge in [0.15, 0.2) is 0 Å². The molecule has 7 heteroatoms. The van der Waals surface area contributed by atoms with Crippen LogP contribution >= 0.6 is 11.8 Å². The van der Waals surface area contributed by atoms with Crippen molar-refractivity contribution in [1.29, 1.82) is 0 Å². The van der Waals surface area contributed by atoms with Gasteiger partial charge in [0.25, 0.3) is 0 Å². The molecule has 2 aromatic carbocycles. The number of amides is 1. The number of rotatable bonds is 8. The van der Waals surface area contributed by atoms with Gasteiger partial charge >= 0.3 is 0 Å². The van der Waals surface area contributed by atoms with E-state index in [1.807, 2.05) is 49.4 Å². The average Bonchev–Trinajstić information content (AvgIpc) is 3.13. The molecule has 0 radical (unpaired) electrons. The second-order valence-electron chi connectivity index (χ2n) is 5.89. The van der Waals surface area contributed by atoms with Gasteiger partial charge in [-0.25, -0.2) is 0 Å². The number of carbonyl (C=O) groups excluding carboxylic acids is 1. The molecule has 26 heavy (non-hydrogen) atoms.